The van der Waals surface area contributed by atoms with E-state index in [1.807, 2.05) is 0 Å². The van der Waals surface area contributed by atoms with Gasteiger partial charge in [-0.05, 0) is 45.2 Å². The number of benzene rings is 1. The lowest BCUT2D eigenvalue weighted by Gasteiger charge is -2.34. The first kappa shape index (κ1) is 12.3. The minimum atomic E-state index is -0.311. The van der Waals surface area contributed by atoms with Crippen molar-refractivity contribution in [2.45, 2.75) is 58.9 Å². The van der Waals surface area contributed by atoms with Crippen LogP contribution in [0.2, 0.25) is 0 Å². The Balaban J connectivity index is 1.92. The van der Waals surface area contributed by atoms with Crippen molar-refractivity contribution in [1.82, 2.24) is 4.90 Å². The van der Waals surface area contributed by atoms with Gasteiger partial charge in [0.1, 0.15) is 0 Å². The minimum Gasteiger partial charge on any atom is -0.353 e. The maximum absolute atomic E-state index is 8.79. The molecule has 108 valence electrons. The Labute approximate surface area is 124 Å². The van der Waals surface area contributed by atoms with Gasteiger partial charge in [-0.15, -0.1) is 0 Å². The van der Waals surface area contributed by atoms with E-state index in [0.717, 1.165) is 0 Å². The summed E-state index contributed by atoms with van der Waals surface area (Å²) in [7, 11) is 0. The molecule has 2 heteroatoms. The van der Waals surface area contributed by atoms with E-state index in [1.165, 1.54) is 54.7 Å². The van der Waals surface area contributed by atoms with E-state index in [9.17, 15) is 0 Å². The third-order valence-electron chi connectivity index (χ3n) is 4.86. The van der Waals surface area contributed by atoms with Gasteiger partial charge in [0, 0.05) is 23.1 Å². The molecule has 2 aliphatic rings. The molecule has 0 bridgehead atoms. The molecule has 0 spiro atoms. The Kier molecular flexibility index (Phi) is 3.39. The van der Waals surface area contributed by atoms with E-state index >= 15 is 0 Å². The van der Waals surface area contributed by atoms with Crippen LogP contribution < -0.4 is 4.90 Å². The van der Waals surface area contributed by atoms with Crippen LogP contribution >= 0.6 is 0 Å². The average Bonchev–Trinajstić information content (AvgIpc) is 2.71. The molecule has 0 N–H and O–H groups in total. The fraction of sp³-hybridized carbons (Fsp3) is 0.556. The third kappa shape index (κ3) is 2.32. The average molecular weight is 271 g/mol. The fourth-order valence-corrected chi connectivity index (χ4v) is 3.46. The quantitative estimate of drug-likeness (QED) is 0.772. The van der Waals surface area contributed by atoms with Crippen LogP contribution in [0.4, 0.5) is 5.69 Å². The van der Waals surface area contributed by atoms with E-state index in [0.29, 0.717) is 6.04 Å². The largest absolute Gasteiger partial charge is 0.353 e. The van der Waals surface area contributed by atoms with Crippen LogP contribution in [0.1, 0.15) is 52.9 Å². The summed E-state index contributed by atoms with van der Waals surface area (Å²) in [6, 6.07) is 8.95. The van der Waals surface area contributed by atoms with Gasteiger partial charge in [-0.2, -0.15) is 0 Å². The Morgan fingerprint density at radius 1 is 1.00 bits per heavy atom. The highest BCUT2D eigenvalue weighted by molar-refractivity contribution is 5.59. The van der Waals surface area contributed by atoms with Gasteiger partial charge in [0.05, 0.1) is 8.02 Å². The lowest BCUT2D eigenvalue weighted by molar-refractivity contribution is 0.216. The maximum atomic E-state index is 8.79. The van der Waals surface area contributed by atoms with Crippen LogP contribution in [0.15, 0.2) is 35.7 Å². The molecule has 2 nitrogen and oxygen atoms in total. The second-order valence-corrected chi connectivity index (χ2v) is 6.14. The van der Waals surface area contributed by atoms with Crippen molar-refractivity contribution >= 4 is 5.69 Å². The Morgan fingerprint density at radius 2 is 1.70 bits per heavy atom. The van der Waals surface area contributed by atoms with Gasteiger partial charge in [-0.3, -0.25) is 0 Å². The Morgan fingerprint density at radius 3 is 2.40 bits per heavy atom. The third-order valence-corrected chi connectivity index (χ3v) is 4.86. The standard InChI is InChI=1S/C18H26N2/c1-14-9-7-8-12-18(14)20-13-19(15(2)16(20)3)17-10-5-4-6-11-17/h7-9,12,17H,4-6,10-11,13H2,1-3H3/i13D. The Hall–Kier alpha value is -1.44. The van der Waals surface area contributed by atoms with Crippen LogP contribution in [0.25, 0.3) is 0 Å². The predicted octanol–water partition coefficient (Wildman–Crippen LogP) is 4.66. The van der Waals surface area contributed by atoms with Gasteiger partial charge in [-0.1, -0.05) is 37.5 Å². The monoisotopic (exact) mass is 271 g/mol. The molecule has 1 aliphatic heterocycles. The molecular weight excluding hydrogens is 244 g/mol. The highest BCUT2D eigenvalue weighted by Gasteiger charge is 2.30. The van der Waals surface area contributed by atoms with Gasteiger partial charge >= 0.3 is 0 Å². The summed E-state index contributed by atoms with van der Waals surface area (Å²) in [5, 5.41) is 0. The highest BCUT2D eigenvalue weighted by atomic mass is 15.4. The normalized spacial score (nSPS) is 25.4. The summed E-state index contributed by atoms with van der Waals surface area (Å²) in [4.78, 5) is 4.54. The van der Waals surface area contributed by atoms with Crippen LogP contribution in [-0.2, 0) is 0 Å². The van der Waals surface area contributed by atoms with Crippen LogP contribution in [-0.4, -0.2) is 17.6 Å². The molecule has 0 amide bonds. The lowest BCUT2D eigenvalue weighted by Crippen LogP contribution is -2.37. The van der Waals surface area contributed by atoms with Crippen molar-refractivity contribution in [2.24, 2.45) is 0 Å². The van der Waals surface area contributed by atoms with Crippen molar-refractivity contribution < 1.29 is 1.37 Å². The Bertz CT molecular complexity index is 546. The van der Waals surface area contributed by atoms with Gasteiger partial charge in [0.25, 0.3) is 0 Å². The summed E-state index contributed by atoms with van der Waals surface area (Å²) in [5.41, 5.74) is 4.93. The topological polar surface area (TPSA) is 6.48 Å². The molecule has 1 fully saturated rings. The zero-order valence-electron chi connectivity index (χ0n) is 13.9. The number of para-hydroxylation sites is 1. The number of allylic oxidation sites excluding steroid dienone is 2. The SMILES string of the molecule is [2H]C1N(c2ccccc2C)C(C)=C(C)N1C1CCCCC1. The summed E-state index contributed by atoms with van der Waals surface area (Å²) in [6.07, 6.45) is 6.45. The minimum absolute atomic E-state index is 0.311. The molecule has 1 aromatic carbocycles. The molecule has 1 aromatic rings. The summed E-state index contributed by atoms with van der Waals surface area (Å²) < 4.78 is 8.79. The second kappa shape index (κ2) is 5.51. The lowest BCUT2D eigenvalue weighted by atomic mass is 9.94. The van der Waals surface area contributed by atoms with E-state index in [-0.39, 0.29) is 6.64 Å². The molecular formula is C18H26N2. The van der Waals surface area contributed by atoms with Crippen LogP contribution in [0.5, 0.6) is 0 Å². The van der Waals surface area contributed by atoms with Gasteiger partial charge in [0.15, 0.2) is 0 Å². The molecule has 20 heavy (non-hydrogen) atoms. The molecule has 0 saturated heterocycles. The number of hydrogen-bond donors (Lipinski definition) is 0. The second-order valence-electron chi connectivity index (χ2n) is 6.14. The van der Waals surface area contributed by atoms with Gasteiger partial charge in [0.2, 0.25) is 0 Å². The zero-order valence-corrected chi connectivity index (χ0v) is 12.9. The van der Waals surface area contributed by atoms with E-state index in [4.69, 9.17) is 1.37 Å². The summed E-state index contributed by atoms with van der Waals surface area (Å²) >= 11 is 0. The predicted molar refractivity (Wildman–Crippen MR) is 85.6 cm³/mol. The zero-order chi connectivity index (χ0) is 15.0. The number of anilines is 1. The smallest absolute Gasteiger partial charge is 0.0949 e. The van der Waals surface area contributed by atoms with Crippen LogP contribution in [0, 0.1) is 6.92 Å². The number of rotatable bonds is 2. The molecule has 1 atom stereocenters. The van der Waals surface area contributed by atoms with Crippen molar-refractivity contribution in [3.05, 3.63) is 41.2 Å². The molecule has 0 radical (unpaired) electrons. The van der Waals surface area contributed by atoms with E-state index < -0.39 is 0 Å². The molecule has 1 aliphatic carbocycles. The van der Waals surface area contributed by atoms with Gasteiger partial charge < -0.3 is 9.80 Å². The number of aryl methyl sites for hydroxylation is 1. The molecule has 3 rings (SSSR count). The van der Waals surface area contributed by atoms with Crippen molar-refractivity contribution in [2.75, 3.05) is 11.5 Å². The van der Waals surface area contributed by atoms with Crippen LogP contribution in [0.3, 0.4) is 0 Å². The summed E-state index contributed by atoms with van der Waals surface area (Å²) in [5.74, 6) is 0. The van der Waals surface area contributed by atoms with E-state index in [2.05, 4.69) is 54.8 Å². The molecule has 1 unspecified atom stereocenters. The highest BCUT2D eigenvalue weighted by Crippen LogP contribution is 2.35. The summed E-state index contributed by atoms with van der Waals surface area (Å²) in [6.45, 7) is 6.17. The maximum Gasteiger partial charge on any atom is 0.0949 e. The molecule has 1 saturated carbocycles. The molecule has 1 heterocycles. The number of nitrogens with zero attached hydrogens (tertiary/aromatic N) is 2. The van der Waals surface area contributed by atoms with Crippen molar-refractivity contribution in [3.63, 3.8) is 0 Å². The fourth-order valence-electron chi connectivity index (χ4n) is 3.46. The number of hydrogen-bond acceptors (Lipinski definition) is 2. The van der Waals surface area contributed by atoms with E-state index in [1.54, 1.807) is 0 Å². The molecule has 0 aromatic heterocycles. The first-order valence-electron chi connectivity index (χ1n) is 8.42. The van der Waals surface area contributed by atoms with Gasteiger partial charge in [-0.25, -0.2) is 0 Å². The first-order chi connectivity index (χ1) is 10.1. The van der Waals surface area contributed by atoms with Crippen molar-refractivity contribution in [3.8, 4) is 0 Å². The first-order valence-corrected chi connectivity index (χ1v) is 7.84. The van der Waals surface area contributed by atoms with Crippen molar-refractivity contribution in [1.29, 1.82) is 0 Å².